The van der Waals surface area contributed by atoms with E-state index >= 15 is 0 Å². The van der Waals surface area contributed by atoms with E-state index in [0.717, 1.165) is 37.0 Å². The molecule has 2 rings (SSSR count). The normalized spacial score (nSPS) is 17.2. The molecule has 0 aromatic heterocycles. The Bertz CT molecular complexity index is 1020. The Balaban J connectivity index is 2.23. The topological polar surface area (TPSA) is 24.1 Å². The summed E-state index contributed by atoms with van der Waals surface area (Å²) in [6, 6.07) is 0. The van der Waals surface area contributed by atoms with Crippen molar-refractivity contribution >= 4 is 0 Å². The van der Waals surface area contributed by atoms with Gasteiger partial charge in [-0.05, 0) is 86.7 Å². The van der Waals surface area contributed by atoms with Crippen molar-refractivity contribution in [2.24, 2.45) is 23.2 Å². The molecule has 2 aliphatic rings. The van der Waals surface area contributed by atoms with Crippen LogP contribution >= 0.6 is 0 Å². The third-order valence-corrected chi connectivity index (χ3v) is 13.5. The Morgan fingerprint density at radius 1 is 0.509 bits per heavy atom. The summed E-state index contributed by atoms with van der Waals surface area (Å²) in [6.45, 7) is 14.7. The smallest absolute Gasteiger partial charge is 0.0317 e. The Kier molecular flexibility index (Phi) is 30.3. The monoisotopic (exact) mass is 763 g/mol. The molecule has 4 unspecified atom stereocenters. The Morgan fingerprint density at radius 2 is 1.00 bits per heavy atom. The molecule has 2 heteroatoms. The molecule has 0 heterocycles. The lowest BCUT2D eigenvalue weighted by molar-refractivity contribution is 0.195. The molecule has 0 amide bonds. The van der Waals surface area contributed by atoms with Gasteiger partial charge in [-0.1, -0.05) is 239 Å². The van der Waals surface area contributed by atoms with Crippen molar-refractivity contribution in [2.45, 2.75) is 266 Å². The van der Waals surface area contributed by atoms with Gasteiger partial charge in [-0.2, -0.15) is 0 Å². The van der Waals surface area contributed by atoms with Crippen LogP contribution in [0.5, 0.6) is 0 Å². The SMILES string of the molecule is CCCCCCCCC(C)CC(CCCCCCCC)CC(CCCCCCCC)CC(C)(CCCCCCCC)C1=CC=C(NNC2=CC=CCC2)CC1. The van der Waals surface area contributed by atoms with E-state index in [0.29, 0.717) is 5.41 Å². The molecule has 320 valence electrons. The van der Waals surface area contributed by atoms with Gasteiger partial charge >= 0.3 is 0 Å². The van der Waals surface area contributed by atoms with Crippen LogP contribution < -0.4 is 10.9 Å². The van der Waals surface area contributed by atoms with E-state index in [9.17, 15) is 0 Å². The van der Waals surface area contributed by atoms with Gasteiger partial charge in [0.15, 0.2) is 0 Å². The Hall–Kier alpha value is -1.44. The van der Waals surface area contributed by atoms with Crippen LogP contribution in [0.4, 0.5) is 0 Å². The lowest BCUT2D eigenvalue weighted by Gasteiger charge is -2.39. The van der Waals surface area contributed by atoms with E-state index in [1.165, 1.54) is 217 Å². The van der Waals surface area contributed by atoms with Crippen LogP contribution in [0.1, 0.15) is 266 Å². The average molecular weight is 763 g/mol. The lowest BCUT2D eigenvalue weighted by atomic mass is 9.66. The van der Waals surface area contributed by atoms with E-state index < -0.39 is 0 Å². The minimum atomic E-state index is 0.318. The van der Waals surface area contributed by atoms with Gasteiger partial charge in [-0.15, -0.1) is 0 Å². The third-order valence-electron chi connectivity index (χ3n) is 13.5. The highest BCUT2D eigenvalue weighted by Gasteiger charge is 2.33. The van der Waals surface area contributed by atoms with Gasteiger partial charge in [0.1, 0.15) is 0 Å². The quantitative estimate of drug-likeness (QED) is 0.0483. The van der Waals surface area contributed by atoms with Crippen LogP contribution in [-0.4, -0.2) is 0 Å². The number of hydrogen-bond acceptors (Lipinski definition) is 2. The molecule has 0 radical (unpaired) electrons. The minimum absolute atomic E-state index is 0.318. The molecule has 4 atom stereocenters. The standard InChI is InChI=1S/C53H98N2/c1-7-11-15-19-23-28-34-47(5)44-48(35-29-24-20-16-12-8-2)45-49(36-30-25-21-17-13-9-3)46-53(6,43-33-26-22-18-14-10-4)50-39-41-52(42-40-50)55-54-51-37-31-27-32-38-51/h27,31,37,39,41,47-49,54-55H,7-26,28-30,32-36,38,40,42-46H2,1-6H3. The van der Waals surface area contributed by atoms with Crippen LogP contribution in [0.3, 0.4) is 0 Å². The molecule has 0 spiro atoms. The molecule has 55 heavy (non-hydrogen) atoms. The van der Waals surface area contributed by atoms with Crippen molar-refractivity contribution in [3.05, 3.63) is 47.3 Å². The molecule has 2 aliphatic carbocycles. The van der Waals surface area contributed by atoms with Crippen molar-refractivity contribution in [3.8, 4) is 0 Å². The summed E-state index contributed by atoms with van der Waals surface area (Å²) >= 11 is 0. The zero-order valence-electron chi connectivity index (χ0n) is 38.4. The average Bonchev–Trinajstić information content (AvgIpc) is 3.19. The van der Waals surface area contributed by atoms with Crippen LogP contribution in [0, 0.1) is 23.2 Å². The van der Waals surface area contributed by atoms with E-state index in [1.807, 2.05) is 0 Å². The molecule has 0 fully saturated rings. The van der Waals surface area contributed by atoms with Gasteiger partial charge < -0.3 is 10.9 Å². The fourth-order valence-corrected chi connectivity index (χ4v) is 9.93. The molecular weight excluding hydrogens is 665 g/mol. The maximum absolute atomic E-state index is 3.60. The zero-order valence-corrected chi connectivity index (χ0v) is 38.4. The van der Waals surface area contributed by atoms with Crippen LogP contribution in [0.15, 0.2) is 47.3 Å². The fraction of sp³-hybridized carbons (Fsp3) is 0.849. The number of rotatable bonds is 38. The molecule has 0 aromatic carbocycles. The molecule has 0 saturated carbocycles. The van der Waals surface area contributed by atoms with Gasteiger partial charge in [0.05, 0.1) is 0 Å². The first-order chi connectivity index (χ1) is 26.9. The Morgan fingerprint density at radius 3 is 1.51 bits per heavy atom. The largest absolute Gasteiger partial charge is 0.305 e. The van der Waals surface area contributed by atoms with Crippen molar-refractivity contribution < 1.29 is 0 Å². The number of unbranched alkanes of at least 4 members (excludes halogenated alkanes) is 20. The van der Waals surface area contributed by atoms with E-state index in [2.05, 4.69) is 82.8 Å². The third kappa shape index (κ3) is 24.8. The summed E-state index contributed by atoms with van der Waals surface area (Å²) in [6.07, 6.45) is 60.5. The van der Waals surface area contributed by atoms with Gasteiger partial charge in [0, 0.05) is 11.4 Å². The molecular formula is C53H98N2. The predicted molar refractivity (Wildman–Crippen MR) is 248 cm³/mol. The van der Waals surface area contributed by atoms with Crippen molar-refractivity contribution in [2.75, 3.05) is 0 Å². The van der Waals surface area contributed by atoms with Crippen LogP contribution in [-0.2, 0) is 0 Å². The molecule has 2 nitrogen and oxygen atoms in total. The molecule has 0 aliphatic heterocycles. The zero-order chi connectivity index (χ0) is 39.7. The van der Waals surface area contributed by atoms with Crippen molar-refractivity contribution in [1.82, 2.24) is 10.9 Å². The first-order valence-electron chi connectivity index (χ1n) is 25.2. The van der Waals surface area contributed by atoms with E-state index in [4.69, 9.17) is 0 Å². The number of nitrogens with one attached hydrogen (secondary N) is 2. The lowest BCUT2D eigenvalue weighted by Crippen LogP contribution is -2.32. The number of hydrazine groups is 1. The molecule has 0 saturated heterocycles. The molecule has 0 bridgehead atoms. The van der Waals surface area contributed by atoms with Crippen LogP contribution in [0.2, 0.25) is 0 Å². The van der Waals surface area contributed by atoms with E-state index in [1.54, 1.807) is 5.57 Å². The van der Waals surface area contributed by atoms with Crippen molar-refractivity contribution in [3.63, 3.8) is 0 Å². The predicted octanol–water partition coefficient (Wildman–Crippen LogP) is 18.0. The number of hydrogen-bond donors (Lipinski definition) is 2. The molecule has 2 N–H and O–H groups in total. The van der Waals surface area contributed by atoms with Gasteiger partial charge in [0.2, 0.25) is 0 Å². The second-order valence-electron chi connectivity index (χ2n) is 19.1. The number of allylic oxidation sites excluding steroid dienone is 8. The Labute approximate surface area is 346 Å². The fourth-order valence-electron chi connectivity index (χ4n) is 9.93. The summed E-state index contributed by atoms with van der Waals surface area (Å²) in [5.74, 6) is 2.65. The van der Waals surface area contributed by atoms with Gasteiger partial charge in [-0.3, -0.25) is 0 Å². The van der Waals surface area contributed by atoms with Gasteiger partial charge in [0.25, 0.3) is 0 Å². The van der Waals surface area contributed by atoms with Gasteiger partial charge in [-0.25, -0.2) is 0 Å². The van der Waals surface area contributed by atoms with Crippen LogP contribution in [0.25, 0.3) is 0 Å². The second-order valence-corrected chi connectivity index (χ2v) is 19.1. The summed E-state index contributed by atoms with van der Waals surface area (Å²) < 4.78 is 0. The van der Waals surface area contributed by atoms with E-state index in [-0.39, 0.29) is 0 Å². The summed E-state index contributed by atoms with van der Waals surface area (Å²) in [4.78, 5) is 0. The highest BCUT2D eigenvalue weighted by molar-refractivity contribution is 5.28. The maximum atomic E-state index is 3.60. The molecule has 0 aromatic rings. The summed E-state index contributed by atoms with van der Waals surface area (Å²) in [7, 11) is 0. The first kappa shape index (κ1) is 49.7. The first-order valence-corrected chi connectivity index (χ1v) is 25.2. The second kappa shape index (κ2) is 33.5. The minimum Gasteiger partial charge on any atom is -0.305 e. The maximum Gasteiger partial charge on any atom is 0.0317 e. The highest BCUT2D eigenvalue weighted by Crippen LogP contribution is 2.46. The summed E-state index contributed by atoms with van der Waals surface area (Å²) in [5, 5.41) is 0. The highest BCUT2D eigenvalue weighted by atomic mass is 15.4. The summed E-state index contributed by atoms with van der Waals surface area (Å²) in [5.41, 5.74) is 11.9. The van der Waals surface area contributed by atoms with Crippen molar-refractivity contribution in [1.29, 1.82) is 0 Å².